The van der Waals surface area contributed by atoms with E-state index in [2.05, 4.69) is 17.1 Å². The second kappa shape index (κ2) is 6.97. The molecule has 3 aliphatic rings. The predicted octanol–water partition coefficient (Wildman–Crippen LogP) is 2.64. The first-order valence-corrected chi connectivity index (χ1v) is 9.29. The number of nitrogens with one attached hydrogen (secondary N) is 1. The lowest BCUT2D eigenvalue weighted by atomic mass is 9.78. The second-order valence-corrected chi connectivity index (χ2v) is 8.02. The maximum Gasteiger partial charge on any atom is 0.0553 e. The fourth-order valence-corrected chi connectivity index (χ4v) is 4.25. The SMILES string of the molecule is CC(O)C1CC(NCC2CCC2)CN(C(C)C2CCC2)C1. The Morgan fingerprint density at radius 3 is 2.29 bits per heavy atom. The Morgan fingerprint density at radius 2 is 1.76 bits per heavy atom. The average molecular weight is 294 g/mol. The van der Waals surface area contributed by atoms with Gasteiger partial charge in [-0.3, -0.25) is 4.90 Å². The number of aliphatic hydroxyl groups excluding tert-OH is 1. The summed E-state index contributed by atoms with van der Waals surface area (Å²) in [7, 11) is 0. The normalized spacial score (nSPS) is 35.0. The topological polar surface area (TPSA) is 35.5 Å². The third-order valence-corrected chi connectivity index (χ3v) is 6.52. The van der Waals surface area contributed by atoms with Crippen molar-refractivity contribution in [2.24, 2.45) is 17.8 Å². The Bertz CT molecular complexity index is 325. The molecular formula is C18H34N2O. The molecular weight excluding hydrogens is 260 g/mol. The van der Waals surface area contributed by atoms with Crippen molar-refractivity contribution in [2.45, 2.75) is 77.0 Å². The van der Waals surface area contributed by atoms with Crippen LogP contribution in [0.15, 0.2) is 0 Å². The largest absolute Gasteiger partial charge is 0.393 e. The van der Waals surface area contributed by atoms with Gasteiger partial charge in [-0.1, -0.05) is 12.8 Å². The van der Waals surface area contributed by atoms with Crippen molar-refractivity contribution < 1.29 is 5.11 Å². The van der Waals surface area contributed by atoms with Crippen LogP contribution in [0.3, 0.4) is 0 Å². The third-order valence-electron chi connectivity index (χ3n) is 6.52. The summed E-state index contributed by atoms with van der Waals surface area (Å²) in [5, 5.41) is 13.9. The molecule has 3 heteroatoms. The van der Waals surface area contributed by atoms with E-state index in [-0.39, 0.29) is 6.10 Å². The van der Waals surface area contributed by atoms with E-state index in [9.17, 15) is 5.11 Å². The van der Waals surface area contributed by atoms with Crippen LogP contribution < -0.4 is 5.32 Å². The number of likely N-dealkylation sites (tertiary alicyclic amines) is 1. The lowest BCUT2D eigenvalue weighted by Crippen LogP contribution is -2.56. The Labute approximate surface area is 130 Å². The van der Waals surface area contributed by atoms with Crippen LogP contribution in [0.5, 0.6) is 0 Å². The van der Waals surface area contributed by atoms with E-state index in [1.807, 2.05) is 6.92 Å². The van der Waals surface area contributed by atoms with Crippen molar-refractivity contribution >= 4 is 0 Å². The Hall–Kier alpha value is -0.120. The van der Waals surface area contributed by atoms with E-state index in [1.165, 1.54) is 51.6 Å². The fraction of sp³-hybridized carbons (Fsp3) is 1.00. The van der Waals surface area contributed by atoms with Gasteiger partial charge in [0.15, 0.2) is 0 Å². The zero-order valence-corrected chi connectivity index (χ0v) is 13.9. The molecule has 3 rings (SSSR count). The Balaban J connectivity index is 1.54. The summed E-state index contributed by atoms with van der Waals surface area (Å²) < 4.78 is 0. The van der Waals surface area contributed by atoms with E-state index in [4.69, 9.17) is 0 Å². The molecule has 4 unspecified atom stereocenters. The summed E-state index contributed by atoms with van der Waals surface area (Å²) in [6.07, 6.45) is 9.50. The molecule has 2 aliphatic carbocycles. The lowest BCUT2D eigenvalue weighted by Gasteiger charge is -2.46. The highest BCUT2D eigenvalue weighted by atomic mass is 16.3. The fourth-order valence-electron chi connectivity index (χ4n) is 4.25. The lowest BCUT2D eigenvalue weighted by molar-refractivity contribution is 0.00751. The van der Waals surface area contributed by atoms with Gasteiger partial charge in [-0.05, 0) is 70.3 Å². The maximum absolute atomic E-state index is 10.1. The van der Waals surface area contributed by atoms with Crippen LogP contribution in [0.4, 0.5) is 0 Å². The number of aliphatic hydroxyl groups is 1. The quantitative estimate of drug-likeness (QED) is 0.790. The molecule has 1 saturated heterocycles. The van der Waals surface area contributed by atoms with Gasteiger partial charge in [0.05, 0.1) is 6.10 Å². The second-order valence-electron chi connectivity index (χ2n) is 8.02. The van der Waals surface area contributed by atoms with Crippen molar-refractivity contribution in [3.8, 4) is 0 Å². The molecule has 3 nitrogen and oxygen atoms in total. The summed E-state index contributed by atoms with van der Waals surface area (Å²) in [4.78, 5) is 2.67. The molecule has 0 radical (unpaired) electrons. The minimum absolute atomic E-state index is 0.172. The molecule has 0 spiro atoms. The highest BCUT2D eigenvalue weighted by Gasteiger charge is 2.36. The molecule has 122 valence electrons. The van der Waals surface area contributed by atoms with Crippen LogP contribution in [0, 0.1) is 17.8 Å². The molecule has 21 heavy (non-hydrogen) atoms. The summed E-state index contributed by atoms with van der Waals surface area (Å²) >= 11 is 0. The maximum atomic E-state index is 10.1. The number of hydrogen-bond donors (Lipinski definition) is 2. The van der Waals surface area contributed by atoms with Crippen molar-refractivity contribution in [1.82, 2.24) is 10.2 Å². The molecule has 2 N–H and O–H groups in total. The molecule has 0 amide bonds. The van der Waals surface area contributed by atoms with Gasteiger partial charge >= 0.3 is 0 Å². The first kappa shape index (κ1) is 15.8. The molecule has 4 atom stereocenters. The number of rotatable bonds is 6. The smallest absolute Gasteiger partial charge is 0.0553 e. The first-order chi connectivity index (χ1) is 10.1. The van der Waals surface area contributed by atoms with E-state index in [0.717, 1.165) is 24.8 Å². The van der Waals surface area contributed by atoms with Gasteiger partial charge < -0.3 is 10.4 Å². The van der Waals surface area contributed by atoms with Gasteiger partial charge in [0.2, 0.25) is 0 Å². The molecule has 0 aromatic rings. The van der Waals surface area contributed by atoms with Crippen LogP contribution in [0.2, 0.25) is 0 Å². The molecule has 1 heterocycles. The first-order valence-electron chi connectivity index (χ1n) is 9.29. The van der Waals surface area contributed by atoms with Gasteiger partial charge in [0, 0.05) is 25.2 Å². The van der Waals surface area contributed by atoms with Crippen LogP contribution in [-0.4, -0.2) is 47.8 Å². The van der Waals surface area contributed by atoms with Gasteiger partial charge in [-0.25, -0.2) is 0 Å². The molecule has 1 aliphatic heterocycles. The van der Waals surface area contributed by atoms with Crippen LogP contribution in [0.25, 0.3) is 0 Å². The van der Waals surface area contributed by atoms with Crippen molar-refractivity contribution in [1.29, 1.82) is 0 Å². The number of nitrogens with zero attached hydrogens (tertiary/aromatic N) is 1. The highest BCUT2D eigenvalue weighted by Crippen LogP contribution is 2.34. The minimum Gasteiger partial charge on any atom is -0.393 e. The molecule has 2 saturated carbocycles. The molecule has 0 aromatic carbocycles. The predicted molar refractivity (Wildman–Crippen MR) is 87.3 cm³/mol. The standard InChI is InChI=1S/C18H34N2O/c1-13(16-7-4-8-16)20-11-17(14(2)21)9-18(12-20)19-10-15-5-3-6-15/h13-19,21H,3-12H2,1-2H3. The molecule has 0 aromatic heterocycles. The van der Waals surface area contributed by atoms with E-state index < -0.39 is 0 Å². The molecule has 0 bridgehead atoms. The monoisotopic (exact) mass is 294 g/mol. The summed E-state index contributed by atoms with van der Waals surface area (Å²) in [6, 6.07) is 1.29. The zero-order chi connectivity index (χ0) is 14.8. The van der Waals surface area contributed by atoms with E-state index >= 15 is 0 Å². The summed E-state index contributed by atoms with van der Waals surface area (Å²) in [5.41, 5.74) is 0. The van der Waals surface area contributed by atoms with E-state index in [0.29, 0.717) is 18.0 Å². The van der Waals surface area contributed by atoms with Crippen molar-refractivity contribution in [2.75, 3.05) is 19.6 Å². The van der Waals surface area contributed by atoms with Crippen molar-refractivity contribution in [3.63, 3.8) is 0 Å². The van der Waals surface area contributed by atoms with Gasteiger partial charge in [-0.15, -0.1) is 0 Å². The molecule has 3 fully saturated rings. The van der Waals surface area contributed by atoms with Crippen LogP contribution in [-0.2, 0) is 0 Å². The van der Waals surface area contributed by atoms with Crippen LogP contribution >= 0.6 is 0 Å². The number of hydrogen-bond acceptors (Lipinski definition) is 3. The van der Waals surface area contributed by atoms with Gasteiger partial charge in [-0.2, -0.15) is 0 Å². The van der Waals surface area contributed by atoms with E-state index in [1.54, 1.807) is 0 Å². The van der Waals surface area contributed by atoms with Crippen molar-refractivity contribution in [3.05, 3.63) is 0 Å². The summed E-state index contributed by atoms with van der Waals surface area (Å²) in [5.74, 6) is 2.28. The highest BCUT2D eigenvalue weighted by molar-refractivity contribution is 4.91. The minimum atomic E-state index is -0.172. The van der Waals surface area contributed by atoms with Gasteiger partial charge in [0.25, 0.3) is 0 Å². The van der Waals surface area contributed by atoms with Gasteiger partial charge in [0.1, 0.15) is 0 Å². The third kappa shape index (κ3) is 3.80. The number of piperidine rings is 1. The summed E-state index contributed by atoms with van der Waals surface area (Å²) in [6.45, 7) is 7.87. The van der Waals surface area contributed by atoms with Crippen LogP contribution in [0.1, 0.15) is 58.8 Å². The Morgan fingerprint density at radius 1 is 1.05 bits per heavy atom. The average Bonchev–Trinajstić information content (AvgIpc) is 2.34. The zero-order valence-electron chi connectivity index (χ0n) is 13.9. The Kier molecular flexibility index (Phi) is 5.23.